The molecule has 3 rings (SSSR count). The fraction of sp³-hybridized carbons (Fsp3) is 0.357. The van der Waals surface area contributed by atoms with Gasteiger partial charge < -0.3 is 10.4 Å². The molecule has 3 N–H and O–H groups in total. The number of nitrogens with one attached hydrogen (secondary N) is 2. The minimum atomic E-state index is -0.630. The number of carbonyl (C=O) groups excluding carboxylic acids is 2. The van der Waals surface area contributed by atoms with E-state index >= 15 is 0 Å². The van der Waals surface area contributed by atoms with Crippen molar-refractivity contribution >= 4 is 17.5 Å². The first kappa shape index (κ1) is 12.8. The van der Waals surface area contributed by atoms with Gasteiger partial charge in [0.05, 0.1) is 12.1 Å². The van der Waals surface area contributed by atoms with Gasteiger partial charge >= 0.3 is 0 Å². The minimum Gasteiger partial charge on any atom is -0.390 e. The number of aliphatic hydroxyl groups is 1. The van der Waals surface area contributed by atoms with E-state index < -0.39 is 12.1 Å². The smallest absolute Gasteiger partial charge is 0.268 e. The largest absolute Gasteiger partial charge is 0.390 e. The molecule has 6 nitrogen and oxygen atoms in total. The number of hydrogen-bond acceptors (Lipinski definition) is 4. The molecule has 0 spiro atoms. The monoisotopic (exact) mass is 273 g/mol. The van der Waals surface area contributed by atoms with E-state index in [1.807, 2.05) is 24.3 Å². The molecule has 1 aromatic rings. The number of nitrogens with zero attached hydrogens (tertiary/aromatic N) is 1. The van der Waals surface area contributed by atoms with Crippen LogP contribution in [-0.2, 0) is 16.0 Å². The van der Waals surface area contributed by atoms with Gasteiger partial charge in [0.15, 0.2) is 0 Å². The lowest BCUT2D eigenvalue weighted by atomic mass is 10.1. The Morgan fingerprint density at radius 2 is 2.15 bits per heavy atom. The Labute approximate surface area is 115 Å². The van der Waals surface area contributed by atoms with Crippen molar-refractivity contribution in [3.8, 4) is 0 Å². The number of rotatable bonds is 2. The fourth-order valence-corrected chi connectivity index (χ4v) is 2.61. The summed E-state index contributed by atoms with van der Waals surface area (Å²) in [6, 6.07) is 7.23. The van der Waals surface area contributed by atoms with Crippen LogP contribution >= 0.6 is 0 Å². The third-order valence-corrected chi connectivity index (χ3v) is 3.66. The number of aliphatic hydroxyl groups excluding tert-OH is 1. The van der Waals surface area contributed by atoms with Crippen LogP contribution in [0.3, 0.4) is 0 Å². The molecule has 0 unspecified atom stereocenters. The highest BCUT2D eigenvalue weighted by molar-refractivity contribution is 6.39. The van der Waals surface area contributed by atoms with Crippen LogP contribution in [0.5, 0.6) is 0 Å². The first-order valence-electron chi connectivity index (χ1n) is 6.57. The van der Waals surface area contributed by atoms with Crippen LogP contribution in [-0.4, -0.2) is 28.7 Å². The van der Waals surface area contributed by atoms with E-state index in [4.69, 9.17) is 0 Å². The maximum absolute atomic E-state index is 12.1. The predicted octanol–water partition coefficient (Wildman–Crippen LogP) is 0.0269. The van der Waals surface area contributed by atoms with E-state index in [2.05, 4.69) is 15.8 Å². The van der Waals surface area contributed by atoms with Crippen molar-refractivity contribution in [2.24, 2.45) is 5.10 Å². The zero-order valence-corrected chi connectivity index (χ0v) is 10.8. The number of hydrogen-bond donors (Lipinski definition) is 3. The summed E-state index contributed by atoms with van der Waals surface area (Å²) in [7, 11) is 0. The molecular weight excluding hydrogens is 258 g/mol. The van der Waals surface area contributed by atoms with Crippen LogP contribution in [0.2, 0.25) is 0 Å². The molecule has 1 aromatic carbocycles. The summed E-state index contributed by atoms with van der Waals surface area (Å²) in [5.41, 5.74) is 4.57. The predicted molar refractivity (Wildman–Crippen MR) is 71.8 cm³/mol. The Kier molecular flexibility index (Phi) is 3.23. The SMILES string of the molecule is O=C1CCC(C(=O)N[C@H]2c3ccccc3C[C@H]2O)=NN1. The summed E-state index contributed by atoms with van der Waals surface area (Å²) in [4.78, 5) is 23.1. The van der Waals surface area contributed by atoms with Gasteiger partial charge in [-0.1, -0.05) is 24.3 Å². The highest BCUT2D eigenvalue weighted by Crippen LogP contribution is 2.31. The average Bonchev–Trinajstić information content (AvgIpc) is 2.76. The van der Waals surface area contributed by atoms with Gasteiger partial charge in [0.25, 0.3) is 5.91 Å². The molecule has 0 fully saturated rings. The standard InChI is InChI=1S/C14H15N3O3/c18-11-7-8-3-1-2-4-9(8)13(11)15-14(20)10-5-6-12(19)17-16-10/h1-4,11,13,18H,5-7H2,(H,15,20)(H,17,19)/t11-,13+/m1/s1. The van der Waals surface area contributed by atoms with Crippen molar-refractivity contribution in [1.82, 2.24) is 10.7 Å². The summed E-state index contributed by atoms with van der Waals surface area (Å²) < 4.78 is 0. The zero-order chi connectivity index (χ0) is 14.1. The van der Waals surface area contributed by atoms with E-state index in [1.54, 1.807) is 0 Å². The highest BCUT2D eigenvalue weighted by Gasteiger charge is 2.33. The summed E-state index contributed by atoms with van der Waals surface area (Å²) in [6.07, 6.45) is 0.484. The lowest BCUT2D eigenvalue weighted by Crippen LogP contribution is -2.41. The van der Waals surface area contributed by atoms with Crippen molar-refractivity contribution in [2.45, 2.75) is 31.4 Å². The summed E-state index contributed by atoms with van der Waals surface area (Å²) in [5.74, 6) is -0.529. The van der Waals surface area contributed by atoms with Crippen molar-refractivity contribution in [2.75, 3.05) is 0 Å². The molecule has 2 amide bonds. The van der Waals surface area contributed by atoms with Crippen molar-refractivity contribution in [1.29, 1.82) is 0 Å². The highest BCUT2D eigenvalue weighted by atomic mass is 16.3. The molecule has 1 aliphatic heterocycles. The second-order valence-corrected chi connectivity index (χ2v) is 5.01. The van der Waals surface area contributed by atoms with Gasteiger partial charge in [0.2, 0.25) is 5.91 Å². The molecule has 2 aliphatic rings. The number of hydrazone groups is 1. The number of carbonyl (C=O) groups is 2. The van der Waals surface area contributed by atoms with E-state index in [0.717, 1.165) is 11.1 Å². The summed E-state index contributed by atoms with van der Waals surface area (Å²) in [5, 5.41) is 16.6. The van der Waals surface area contributed by atoms with Gasteiger partial charge in [0.1, 0.15) is 5.71 Å². The van der Waals surface area contributed by atoms with Crippen LogP contribution < -0.4 is 10.7 Å². The van der Waals surface area contributed by atoms with Crippen molar-refractivity contribution < 1.29 is 14.7 Å². The Bertz CT molecular complexity index is 597. The topological polar surface area (TPSA) is 90.8 Å². The van der Waals surface area contributed by atoms with Gasteiger partial charge in [-0.3, -0.25) is 9.59 Å². The third kappa shape index (κ3) is 2.30. The fourth-order valence-electron chi connectivity index (χ4n) is 2.61. The van der Waals surface area contributed by atoms with Gasteiger partial charge in [-0.15, -0.1) is 0 Å². The van der Waals surface area contributed by atoms with E-state index in [0.29, 0.717) is 18.6 Å². The molecule has 0 radical (unpaired) electrons. The molecule has 0 aromatic heterocycles. The number of benzene rings is 1. The molecule has 0 saturated heterocycles. The van der Waals surface area contributed by atoms with Crippen LogP contribution in [0.1, 0.15) is 30.0 Å². The number of amides is 2. The van der Waals surface area contributed by atoms with E-state index in [1.165, 1.54) is 0 Å². The van der Waals surface area contributed by atoms with Gasteiger partial charge in [-0.25, -0.2) is 5.43 Å². The molecular formula is C14H15N3O3. The molecule has 1 heterocycles. The maximum atomic E-state index is 12.1. The Morgan fingerprint density at radius 1 is 1.35 bits per heavy atom. The van der Waals surface area contributed by atoms with Crippen LogP contribution in [0.15, 0.2) is 29.4 Å². The van der Waals surface area contributed by atoms with Crippen LogP contribution in [0, 0.1) is 0 Å². The Morgan fingerprint density at radius 3 is 2.90 bits per heavy atom. The average molecular weight is 273 g/mol. The van der Waals surface area contributed by atoms with Crippen LogP contribution in [0.25, 0.3) is 0 Å². The molecule has 0 saturated carbocycles. The molecule has 104 valence electrons. The summed E-state index contributed by atoms with van der Waals surface area (Å²) >= 11 is 0. The molecule has 0 bridgehead atoms. The Balaban J connectivity index is 1.75. The maximum Gasteiger partial charge on any atom is 0.268 e. The van der Waals surface area contributed by atoms with E-state index in [-0.39, 0.29) is 18.2 Å². The third-order valence-electron chi connectivity index (χ3n) is 3.66. The second-order valence-electron chi connectivity index (χ2n) is 5.01. The Hall–Kier alpha value is -2.21. The van der Waals surface area contributed by atoms with Gasteiger partial charge in [0, 0.05) is 19.3 Å². The van der Waals surface area contributed by atoms with Crippen molar-refractivity contribution in [3.63, 3.8) is 0 Å². The van der Waals surface area contributed by atoms with E-state index in [9.17, 15) is 14.7 Å². The first-order valence-corrected chi connectivity index (χ1v) is 6.57. The van der Waals surface area contributed by atoms with Gasteiger partial charge in [-0.05, 0) is 11.1 Å². The molecule has 6 heteroatoms. The minimum absolute atomic E-state index is 0.187. The molecule has 20 heavy (non-hydrogen) atoms. The normalized spacial score (nSPS) is 24.6. The number of fused-ring (bicyclic) bond motifs is 1. The lowest BCUT2D eigenvalue weighted by Gasteiger charge is -2.19. The molecule has 1 aliphatic carbocycles. The summed E-state index contributed by atoms with van der Waals surface area (Å²) in [6.45, 7) is 0. The second kappa shape index (κ2) is 5.05. The first-order chi connectivity index (χ1) is 9.65. The zero-order valence-electron chi connectivity index (χ0n) is 10.8. The quantitative estimate of drug-likeness (QED) is 0.710. The van der Waals surface area contributed by atoms with Crippen LogP contribution in [0.4, 0.5) is 0 Å². The van der Waals surface area contributed by atoms with Gasteiger partial charge in [-0.2, -0.15) is 5.10 Å². The molecule has 2 atom stereocenters. The lowest BCUT2D eigenvalue weighted by molar-refractivity contribution is -0.121. The van der Waals surface area contributed by atoms with Crippen molar-refractivity contribution in [3.05, 3.63) is 35.4 Å².